The Balaban J connectivity index is 2.49. The maximum atomic E-state index is 9.53. The van der Waals surface area contributed by atoms with E-state index in [4.69, 9.17) is 27.9 Å². The molecule has 0 amide bonds. The van der Waals surface area contributed by atoms with Crippen molar-refractivity contribution in [3.63, 3.8) is 0 Å². The number of phenols is 1. The van der Waals surface area contributed by atoms with E-state index < -0.39 is 0 Å². The van der Waals surface area contributed by atoms with Gasteiger partial charge in [0, 0.05) is 17.2 Å². The molecule has 1 N–H and O–H groups in total. The van der Waals surface area contributed by atoms with E-state index in [0.29, 0.717) is 11.6 Å². The van der Waals surface area contributed by atoms with Gasteiger partial charge in [0.25, 0.3) is 0 Å². The molecule has 0 atom stereocenters. The van der Waals surface area contributed by atoms with Crippen molar-refractivity contribution in [3.8, 4) is 22.6 Å². The molecule has 0 unspecified atom stereocenters. The molecule has 0 aromatic heterocycles. The second-order valence-corrected chi connectivity index (χ2v) is 4.94. The first-order chi connectivity index (χ1) is 9.13. The standard InChI is InChI=1S/C15H14Cl2O2/c1-2-7-19-15-6-4-3-5-10(15)11-8-13(17)14(18)9-12(11)16/h3-6,8-9,18H,2,7H2,1H3. The van der Waals surface area contributed by atoms with Gasteiger partial charge in [-0.05, 0) is 18.6 Å². The number of para-hydroxylation sites is 1. The number of benzene rings is 2. The molecule has 2 aromatic carbocycles. The Morgan fingerprint density at radius 2 is 1.79 bits per heavy atom. The van der Waals surface area contributed by atoms with E-state index >= 15 is 0 Å². The summed E-state index contributed by atoms with van der Waals surface area (Å²) in [6.45, 7) is 2.69. The molecule has 0 saturated carbocycles. The van der Waals surface area contributed by atoms with E-state index in [0.717, 1.165) is 23.3 Å². The minimum atomic E-state index is -0.0256. The zero-order valence-corrected chi connectivity index (χ0v) is 12.0. The second kappa shape index (κ2) is 6.18. The molecule has 0 heterocycles. The van der Waals surface area contributed by atoms with Crippen LogP contribution in [0.15, 0.2) is 36.4 Å². The molecule has 0 aliphatic heterocycles. The van der Waals surface area contributed by atoms with E-state index in [-0.39, 0.29) is 10.8 Å². The van der Waals surface area contributed by atoms with Crippen molar-refractivity contribution in [3.05, 3.63) is 46.4 Å². The molecular formula is C15H14Cl2O2. The van der Waals surface area contributed by atoms with Gasteiger partial charge in [0.15, 0.2) is 0 Å². The molecule has 2 rings (SSSR count). The average molecular weight is 297 g/mol. The lowest BCUT2D eigenvalue weighted by molar-refractivity contribution is 0.318. The number of ether oxygens (including phenoxy) is 1. The number of halogens is 2. The Morgan fingerprint density at radius 3 is 2.53 bits per heavy atom. The normalized spacial score (nSPS) is 10.5. The van der Waals surface area contributed by atoms with Crippen LogP contribution < -0.4 is 4.74 Å². The predicted octanol–water partition coefficient (Wildman–Crippen LogP) is 5.15. The molecule has 2 nitrogen and oxygen atoms in total. The molecule has 0 spiro atoms. The highest BCUT2D eigenvalue weighted by Crippen LogP contribution is 2.39. The van der Waals surface area contributed by atoms with Crippen LogP contribution in [0.2, 0.25) is 10.0 Å². The number of rotatable bonds is 4. The summed E-state index contributed by atoms with van der Waals surface area (Å²) in [5.41, 5.74) is 1.61. The van der Waals surface area contributed by atoms with Crippen molar-refractivity contribution in [2.75, 3.05) is 6.61 Å². The van der Waals surface area contributed by atoms with E-state index in [1.165, 1.54) is 6.07 Å². The van der Waals surface area contributed by atoms with Crippen LogP contribution in [0, 0.1) is 0 Å². The highest BCUT2D eigenvalue weighted by Gasteiger charge is 2.12. The van der Waals surface area contributed by atoms with Crippen LogP contribution in [0.1, 0.15) is 13.3 Å². The maximum absolute atomic E-state index is 9.53. The summed E-state index contributed by atoms with van der Waals surface area (Å²) in [4.78, 5) is 0. The van der Waals surface area contributed by atoms with Crippen LogP contribution in [-0.2, 0) is 0 Å². The summed E-state index contributed by atoms with van der Waals surface area (Å²) < 4.78 is 5.70. The van der Waals surface area contributed by atoms with Gasteiger partial charge >= 0.3 is 0 Å². The smallest absolute Gasteiger partial charge is 0.135 e. The van der Waals surface area contributed by atoms with Gasteiger partial charge in [-0.1, -0.05) is 48.3 Å². The Hall–Kier alpha value is -1.38. The molecule has 0 fully saturated rings. The third-order valence-electron chi connectivity index (χ3n) is 2.68. The van der Waals surface area contributed by atoms with Gasteiger partial charge in [-0.15, -0.1) is 0 Å². The summed E-state index contributed by atoms with van der Waals surface area (Å²) in [6, 6.07) is 10.7. The highest BCUT2D eigenvalue weighted by molar-refractivity contribution is 6.36. The van der Waals surface area contributed by atoms with Crippen molar-refractivity contribution >= 4 is 23.2 Å². The van der Waals surface area contributed by atoms with Gasteiger partial charge in [-0.2, -0.15) is 0 Å². The topological polar surface area (TPSA) is 29.5 Å². The quantitative estimate of drug-likeness (QED) is 0.845. The van der Waals surface area contributed by atoms with Crippen LogP contribution in [0.5, 0.6) is 11.5 Å². The summed E-state index contributed by atoms with van der Waals surface area (Å²) in [5.74, 6) is 0.732. The number of aromatic hydroxyl groups is 1. The lowest BCUT2D eigenvalue weighted by atomic mass is 10.0. The highest BCUT2D eigenvalue weighted by atomic mass is 35.5. The van der Waals surface area contributed by atoms with Crippen molar-refractivity contribution < 1.29 is 9.84 Å². The van der Waals surface area contributed by atoms with Gasteiger partial charge in [-0.25, -0.2) is 0 Å². The molecule has 0 aliphatic carbocycles. The predicted molar refractivity (Wildman–Crippen MR) is 79.3 cm³/mol. The van der Waals surface area contributed by atoms with Crippen molar-refractivity contribution in [2.45, 2.75) is 13.3 Å². The zero-order valence-electron chi connectivity index (χ0n) is 10.5. The molecule has 0 saturated heterocycles. The summed E-state index contributed by atoms with van der Waals surface area (Å²) >= 11 is 12.1. The maximum Gasteiger partial charge on any atom is 0.135 e. The summed E-state index contributed by atoms with van der Waals surface area (Å²) in [7, 11) is 0. The molecule has 0 bridgehead atoms. The first-order valence-electron chi connectivity index (χ1n) is 6.03. The Kier molecular flexibility index (Phi) is 4.56. The lowest BCUT2D eigenvalue weighted by Gasteiger charge is -2.13. The molecule has 19 heavy (non-hydrogen) atoms. The largest absolute Gasteiger partial charge is 0.506 e. The van der Waals surface area contributed by atoms with Crippen LogP contribution in [0.25, 0.3) is 11.1 Å². The molecule has 4 heteroatoms. The molecule has 100 valence electrons. The fourth-order valence-corrected chi connectivity index (χ4v) is 2.19. The Labute approximate surface area is 122 Å². The monoisotopic (exact) mass is 296 g/mol. The summed E-state index contributed by atoms with van der Waals surface area (Å²) in [6.07, 6.45) is 0.929. The minimum Gasteiger partial charge on any atom is -0.506 e. The molecular weight excluding hydrogens is 283 g/mol. The number of hydrogen-bond acceptors (Lipinski definition) is 2. The summed E-state index contributed by atoms with van der Waals surface area (Å²) in [5, 5.41) is 10.2. The number of phenolic OH excluding ortho intramolecular Hbond substituents is 1. The second-order valence-electron chi connectivity index (χ2n) is 4.13. The van der Waals surface area contributed by atoms with Crippen LogP contribution in [0.4, 0.5) is 0 Å². The van der Waals surface area contributed by atoms with E-state index in [2.05, 4.69) is 0 Å². The van der Waals surface area contributed by atoms with E-state index in [1.54, 1.807) is 6.07 Å². The van der Waals surface area contributed by atoms with Gasteiger partial charge in [0.1, 0.15) is 11.5 Å². The van der Waals surface area contributed by atoms with Crippen LogP contribution in [-0.4, -0.2) is 11.7 Å². The van der Waals surface area contributed by atoms with Crippen molar-refractivity contribution in [1.82, 2.24) is 0 Å². The molecule has 0 radical (unpaired) electrons. The minimum absolute atomic E-state index is 0.0256. The first-order valence-corrected chi connectivity index (χ1v) is 6.79. The van der Waals surface area contributed by atoms with Gasteiger partial charge in [-0.3, -0.25) is 0 Å². The SMILES string of the molecule is CCCOc1ccccc1-c1cc(Cl)c(O)cc1Cl. The zero-order chi connectivity index (χ0) is 13.8. The fourth-order valence-electron chi connectivity index (χ4n) is 1.77. The third-order valence-corrected chi connectivity index (χ3v) is 3.29. The van der Waals surface area contributed by atoms with Gasteiger partial charge in [0.2, 0.25) is 0 Å². The Morgan fingerprint density at radius 1 is 1.05 bits per heavy atom. The molecule has 0 aliphatic rings. The van der Waals surface area contributed by atoms with E-state index in [9.17, 15) is 5.11 Å². The lowest BCUT2D eigenvalue weighted by Crippen LogP contribution is -1.97. The van der Waals surface area contributed by atoms with Crippen LogP contribution in [0.3, 0.4) is 0 Å². The van der Waals surface area contributed by atoms with Gasteiger partial charge in [0.05, 0.1) is 16.7 Å². The van der Waals surface area contributed by atoms with Gasteiger partial charge < -0.3 is 9.84 Å². The first kappa shape index (κ1) is 14.0. The van der Waals surface area contributed by atoms with Crippen molar-refractivity contribution in [1.29, 1.82) is 0 Å². The average Bonchev–Trinajstić information content (AvgIpc) is 2.41. The molecule has 2 aromatic rings. The van der Waals surface area contributed by atoms with Crippen LogP contribution >= 0.6 is 23.2 Å². The number of hydrogen-bond donors (Lipinski definition) is 1. The van der Waals surface area contributed by atoms with Crippen molar-refractivity contribution in [2.24, 2.45) is 0 Å². The van der Waals surface area contributed by atoms with E-state index in [1.807, 2.05) is 31.2 Å². The third kappa shape index (κ3) is 3.14. The Bertz CT molecular complexity index is 582. The fraction of sp³-hybridized carbons (Fsp3) is 0.200.